The van der Waals surface area contributed by atoms with Gasteiger partial charge in [0.15, 0.2) is 5.78 Å². The van der Waals surface area contributed by atoms with Crippen LogP contribution in [0, 0.1) is 12.8 Å². The number of hydrogen-bond donors (Lipinski definition) is 1. The second kappa shape index (κ2) is 5.85. The number of aryl methyl sites for hydroxylation is 1. The van der Waals surface area contributed by atoms with E-state index in [4.69, 9.17) is 4.74 Å². The lowest BCUT2D eigenvalue weighted by atomic mass is 9.90. The van der Waals surface area contributed by atoms with Crippen LogP contribution in [0.15, 0.2) is 16.6 Å². The van der Waals surface area contributed by atoms with E-state index in [-0.39, 0.29) is 11.7 Å². The molecule has 4 heteroatoms. The quantitative estimate of drug-likeness (QED) is 0.872. The summed E-state index contributed by atoms with van der Waals surface area (Å²) >= 11 is 3.48. The SMILES string of the molecule is COc1cc(C)c(Br)cc1C(=O)C1CCCNC1. The Morgan fingerprint density at radius 1 is 1.50 bits per heavy atom. The first-order valence-corrected chi connectivity index (χ1v) is 7.02. The van der Waals surface area contributed by atoms with Crippen LogP contribution in [0.1, 0.15) is 28.8 Å². The molecule has 1 aromatic rings. The topological polar surface area (TPSA) is 38.3 Å². The van der Waals surface area contributed by atoms with Gasteiger partial charge in [0.05, 0.1) is 12.7 Å². The zero-order valence-electron chi connectivity index (χ0n) is 10.8. The van der Waals surface area contributed by atoms with Gasteiger partial charge in [0.25, 0.3) is 0 Å². The van der Waals surface area contributed by atoms with Gasteiger partial charge in [0.1, 0.15) is 5.75 Å². The Balaban J connectivity index is 2.31. The molecule has 98 valence electrons. The minimum absolute atomic E-state index is 0.0715. The molecule has 1 aromatic carbocycles. The smallest absolute Gasteiger partial charge is 0.170 e. The summed E-state index contributed by atoms with van der Waals surface area (Å²) in [6.45, 7) is 3.77. The van der Waals surface area contributed by atoms with Crippen LogP contribution in [0.4, 0.5) is 0 Å². The van der Waals surface area contributed by atoms with Crippen LogP contribution < -0.4 is 10.1 Å². The van der Waals surface area contributed by atoms with Crippen molar-refractivity contribution in [2.45, 2.75) is 19.8 Å². The first kappa shape index (κ1) is 13.6. The molecule has 1 aliphatic rings. The first-order chi connectivity index (χ1) is 8.63. The van der Waals surface area contributed by atoms with Crippen molar-refractivity contribution in [3.63, 3.8) is 0 Å². The maximum atomic E-state index is 12.5. The number of carbonyl (C=O) groups excluding carboxylic acids is 1. The molecule has 2 rings (SSSR count). The molecule has 0 amide bonds. The number of nitrogens with one attached hydrogen (secondary N) is 1. The zero-order chi connectivity index (χ0) is 13.1. The van der Waals surface area contributed by atoms with E-state index < -0.39 is 0 Å². The predicted octanol–water partition coefficient (Wildman–Crippen LogP) is 2.95. The molecular formula is C14H18BrNO2. The number of methoxy groups -OCH3 is 1. The summed E-state index contributed by atoms with van der Waals surface area (Å²) in [4.78, 5) is 12.5. The number of halogens is 1. The van der Waals surface area contributed by atoms with Gasteiger partial charge in [0.2, 0.25) is 0 Å². The second-order valence-electron chi connectivity index (χ2n) is 4.71. The van der Waals surface area contributed by atoms with E-state index >= 15 is 0 Å². The Morgan fingerprint density at radius 3 is 2.89 bits per heavy atom. The van der Waals surface area contributed by atoms with Crippen molar-refractivity contribution in [3.8, 4) is 5.75 Å². The molecule has 1 N–H and O–H groups in total. The van der Waals surface area contributed by atoms with Gasteiger partial charge in [-0.1, -0.05) is 15.9 Å². The molecule has 18 heavy (non-hydrogen) atoms. The highest BCUT2D eigenvalue weighted by molar-refractivity contribution is 9.10. The summed E-state index contributed by atoms with van der Waals surface area (Å²) < 4.78 is 6.29. The van der Waals surface area contributed by atoms with Crippen molar-refractivity contribution >= 4 is 21.7 Å². The molecule has 0 aromatic heterocycles. The molecule has 0 aliphatic carbocycles. The van der Waals surface area contributed by atoms with E-state index in [1.165, 1.54) is 0 Å². The minimum atomic E-state index is 0.0715. The molecule has 1 saturated heterocycles. The largest absolute Gasteiger partial charge is 0.496 e. The molecule has 0 saturated carbocycles. The number of ether oxygens (including phenoxy) is 1. The standard InChI is InChI=1S/C14H18BrNO2/c1-9-6-13(18-2)11(7-12(9)15)14(17)10-4-3-5-16-8-10/h6-7,10,16H,3-5,8H2,1-2H3. The fourth-order valence-electron chi connectivity index (χ4n) is 2.31. The fourth-order valence-corrected chi connectivity index (χ4v) is 2.66. The molecule has 0 radical (unpaired) electrons. The Labute approximate surface area is 116 Å². The molecule has 1 atom stereocenters. The van der Waals surface area contributed by atoms with E-state index in [9.17, 15) is 4.79 Å². The summed E-state index contributed by atoms with van der Waals surface area (Å²) in [6, 6.07) is 3.79. The van der Waals surface area contributed by atoms with E-state index in [1.807, 2.05) is 19.1 Å². The van der Waals surface area contributed by atoms with Gasteiger partial charge in [-0.05, 0) is 44.0 Å². The molecule has 1 unspecified atom stereocenters. The van der Waals surface area contributed by atoms with Crippen molar-refractivity contribution in [3.05, 3.63) is 27.7 Å². The fraction of sp³-hybridized carbons (Fsp3) is 0.500. The van der Waals surface area contributed by atoms with Crippen LogP contribution in [0.5, 0.6) is 5.75 Å². The normalized spacial score (nSPS) is 19.6. The molecule has 3 nitrogen and oxygen atoms in total. The molecule has 0 bridgehead atoms. The van der Waals surface area contributed by atoms with Gasteiger partial charge in [-0.25, -0.2) is 0 Å². The third kappa shape index (κ3) is 2.75. The average Bonchev–Trinajstić information content (AvgIpc) is 2.41. The molecule has 0 spiro atoms. The highest BCUT2D eigenvalue weighted by atomic mass is 79.9. The van der Waals surface area contributed by atoms with Crippen molar-refractivity contribution in [1.82, 2.24) is 5.32 Å². The summed E-state index contributed by atoms with van der Waals surface area (Å²) in [5.74, 6) is 0.924. The van der Waals surface area contributed by atoms with Gasteiger partial charge in [-0.15, -0.1) is 0 Å². The molecule has 1 heterocycles. The number of Topliss-reactive ketones (excluding diaryl/α,β-unsaturated/α-hetero) is 1. The van der Waals surface area contributed by atoms with Crippen LogP contribution in [0.25, 0.3) is 0 Å². The van der Waals surface area contributed by atoms with Gasteiger partial charge >= 0.3 is 0 Å². The number of hydrogen-bond acceptors (Lipinski definition) is 3. The van der Waals surface area contributed by atoms with Crippen LogP contribution >= 0.6 is 15.9 Å². The third-order valence-corrected chi connectivity index (χ3v) is 4.27. The third-order valence-electron chi connectivity index (χ3n) is 3.41. The van der Waals surface area contributed by atoms with E-state index in [1.54, 1.807) is 7.11 Å². The Morgan fingerprint density at radius 2 is 2.28 bits per heavy atom. The van der Waals surface area contributed by atoms with Crippen LogP contribution in [-0.4, -0.2) is 26.0 Å². The van der Waals surface area contributed by atoms with Crippen molar-refractivity contribution in [2.24, 2.45) is 5.92 Å². The summed E-state index contributed by atoms with van der Waals surface area (Å²) in [6.07, 6.45) is 2.02. The Bertz CT molecular complexity index is 453. The highest BCUT2D eigenvalue weighted by Gasteiger charge is 2.25. The van der Waals surface area contributed by atoms with E-state index in [0.29, 0.717) is 11.3 Å². The number of benzene rings is 1. The van der Waals surface area contributed by atoms with E-state index in [0.717, 1.165) is 36.0 Å². The van der Waals surface area contributed by atoms with Gasteiger partial charge in [-0.2, -0.15) is 0 Å². The number of rotatable bonds is 3. The van der Waals surface area contributed by atoms with Crippen molar-refractivity contribution in [1.29, 1.82) is 0 Å². The summed E-state index contributed by atoms with van der Waals surface area (Å²) in [7, 11) is 1.61. The van der Waals surface area contributed by atoms with E-state index in [2.05, 4.69) is 21.2 Å². The second-order valence-corrected chi connectivity index (χ2v) is 5.56. The Kier molecular flexibility index (Phi) is 4.40. The van der Waals surface area contributed by atoms with Crippen LogP contribution in [0.2, 0.25) is 0 Å². The minimum Gasteiger partial charge on any atom is -0.496 e. The van der Waals surface area contributed by atoms with Gasteiger partial charge in [-0.3, -0.25) is 4.79 Å². The van der Waals surface area contributed by atoms with Crippen LogP contribution in [-0.2, 0) is 0 Å². The average molecular weight is 312 g/mol. The van der Waals surface area contributed by atoms with Gasteiger partial charge < -0.3 is 10.1 Å². The Hall–Kier alpha value is -0.870. The number of piperidine rings is 1. The van der Waals surface area contributed by atoms with Gasteiger partial charge in [0, 0.05) is 16.9 Å². The van der Waals surface area contributed by atoms with Crippen LogP contribution in [0.3, 0.4) is 0 Å². The lowest BCUT2D eigenvalue weighted by Crippen LogP contribution is -2.34. The lowest BCUT2D eigenvalue weighted by molar-refractivity contribution is 0.0896. The lowest BCUT2D eigenvalue weighted by Gasteiger charge is -2.22. The van der Waals surface area contributed by atoms with Crippen molar-refractivity contribution < 1.29 is 9.53 Å². The molecule has 1 aliphatic heterocycles. The summed E-state index contributed by atoms with van der Waals surface area (Å²) in [5, 5.41) is 3.28. The highest BCUT2D eigenvalue weighted by Crippen LogP contribution is 2.30. The predicted molar refractivity (Wildman–Crippen MR) is 75.4 cm³/mol. The first-order valence-electron chi connectivity index (χ1n) is 6.22. The molecule has 1 fully saturated rings. The zero-order valence-corrected chi connectivity index (χ0v) is 12.3. The number of carbonyl (C=O) groups is 1. The number of ketones is 1. The maximum Gasteiger partial charge on any atom is 0.170 e. The molecular weight excluding hydrogens is 294 g/mol. The van der Waals surface area contributed by atoms with Crippen molar-refractivity contribution in [2.75, 3.05) is 20.2 Å². The monoisotopic (exact) mass is 311 g/mol. The summed E-state index contributed by atoms with van der Waals surface area (Å²) in [5.41, 5.74) is 1.76. The maximum absolute atomic E-state index is 12.5.